The molecule has 0 saturated heterocycles. The molecule has 0 saturated carbocycles. The van der Waals surface area contributed by atoms with E-state index in [9.17, 15) is 9.90 Å². The Balaban J connectivity index is 1.72. The molecular formula is C16H17N3O3S. The lowest BCUT2D eigenvalue weighted by Gasteiger charge is -2.08. The number of benzene rings is 1. The highest BCUT2D eigenvalue weighted by Gasteiger charge is 2.19. The largest absolute Gasteiger partial charge is 0.493 e. The molecule has 0 bridgehead atoms. The van der Waals surface area contributed by atoms with Gasteiger partial charge in [-0.1, -0.05) is 23.5 Å². The van der Waals surface area contributed by atoms with Crippen LogP contribution in [-0.2, 0) is 6.42 Å². The molecule has 120 valence electrons. The Bertz CT molecular complexity index is 882. The summed E-state index contributed by atoms with van der Waals surface area (Å²) in [5, 5.41) is 14.4. The molecule has 1 N–H and O–H groups in total. The number of imidazole rings is 1. The number of fused-ring (bicyclic) bond motifs is 1. The van der Waals surface area contributed by atoms with Gasteiger partial charge in [-0.05, 0) is 38.0 Å². The fourth-order valence-electron chi connectivity index (χ4n) is 2.35. The van der Waals surface area contributed by atoms with E-state index < -0.39 is 5.97 Å². The molecule has 0 aliphatic heterocycles. The van der Waals surface area contributed by atoms with E-state index in [1.54, 1.807) is 6.92 Å². The highest BCUT2D eigenvalue weighted by Crippen LogP contribution is 2.21. The monoisotopic (exact) mass is 331 g/mol. The van der Waals surface area contributed by atoms with Crippen molar-refractivity contribution >= 4 is 22.3 Å². The Labute approximate surface area is 137 Å². The number of aromatic carboxylic acids is 1. The molecule has 0 radical (unpaired) electrons. The van der Waals surface area contributed by atoms with Gasteiger partial charge in [0.25, 0.3) is 0 Å². The fraction of sp³-hybridized carbons (Fsp3) is 0.312. The minimum atomic E-state index is -1.02. The smallest absolute Gasteiger partial charge is 0.356 e. The third kappa shape index (κ3) is 3.05. The van der Waals surface area contributed by atoms with Gasteiger partial charge in [0.05, 0.1) is 12.3 Å². The van der Waals surface area contributed by atoms with Crippen LogP contribution in [0.15, 0.2) is 18.2 Å². The minimum Gasteiger partial charge on any atom is -0.493 e. The molecule has 2 heterocycles. The van der Waals surface area contributed by atoms with Gasteiger partial charge >= 0.3 is 5.97 Å². The molecular weight excluding hydrogens is 314 g/mol. The summed E-state index contributed by atoms with van der Waals surface area (Å²) < 4.78 is 7.21. The number of hydrogen-bond acceptors (Lipinski definition) is 5. The molecule has 1 aromatic carbocycles. The first kappa shape index (κ1) is 15.5. The van der Waals surface area contributed by atoms with E-state index in [2.05, 4.69) is 10.1 Å². The number of carboxylic acids is 1. The number of ether oxygens (including phenoxy) is 1. The summed E-state index contributed by atoms with van der Waals surface area (Å²) in [7, 11) is 0. The number of aromatic nitrogens is 3. The quantitative estimate of drug-likeness (QED) is 0.777. The second kappa shape index (κ2) is 6.00. The van der Waals surface area contributed by atoms with Gasteiger partial charge in [-0.2, -0.15) is 9.61 Å². The van der Waals surface area contributed by atoms with Crippen molar-refractivity contribution in [1.29, 1.82) is 0 Å². The number of aryl methyl sites for hydroxylation is 3. The maximum atomic E-state index is 11.3. The van der Waals surface area contributed by atoms with Crippen LogP contribution in [0.25, 0.3) is 4.96 Å². The molecule has 0 amide bonds. The summed E-state index contributed by atoms with van der Waals surface area (Å²) >= 11 is 1.39. The van der Waals surface area contributed by atoms with Gasteiger partial charge < -0.3 is 9.84 Å². The van der Waals surface area contributed by atoms with E-state index in [4.69, 9.17) is 4.74 Å². The summed E-state index contributed by atoms with van der Waals surface area (Å²) in [6.45, 7) is 6.20. The molecule has 0 aliphatic rings. The number of rotatable bonds is 5. The lowest BCUT2D eigenvalue weighted by atomic mass is 10.1. The third-order valence-electron chi connectivity index (χ3n) is 3.54. The van der Waals surface area contributed by atoms with E-state index >= 15 is 0 Å². The van der Waals surface area contributed by atoms with Crippen molar-refractivity contribution in [1.82, 2.24) is 14.6 Å². The summed E-state index contributed by atoms with van der Waals surface area (Å²) in [6.07, 6.45) is 0.611. The van der Waals surface area contributed by atoms with Gasteiger partial charge in [-0.15, -0.1) is 0 Å². The van der Waals surface area contributed by atoms with Crippen molar-refractivity contribution in [2.24, 2.45) is 0 Å². The van der Waals surface area contributed by atoms with Crippen LogP contribution >= 0.6 is 11.3 Å². The Morgan fingerprint density at radius 2 is 2.13 bits per heavy atom. The van der Waals surface area contributed by atoms with E-state index in [1.807, 2.05) is 32.0 Å². The highest BCUT2D eigenvalue weighted by molar-refractivity contribution is 7.16. The molecule has 0 atom stereocenters. The Morgan fingerprint density at radius 1 is 1.35 bits per heavy atom. The van der Waals surface area contributed by atoms with Crippen LogP contribution in [-0.4, -0.2) is 32.3 Å². The van der Waals surface area contributed by atoms with Crippen molar-refractivity contribution in [2.45, 2.75) is 27.2 Å². The Hall–Kier alpha value is -2.41. The predicted octanol–water partition coefficient (Wildman–Crippen LogP) is 3.04. The normalized spacial score (nSPS) is 11.1. The van der Waals surface area contributed by atoms with Gasteiger partial charge in [-0.3, -0.25) is 0 Å². The van der Waals surface area contributed by atoms with Crippen LogP contribution in [0.3, 0.4) is 0 Å². The number of hydrogen-bond donors (Lipinski definition) is 1. The number of carbonyl (C=O) groups is 1. The molecule has 0 unspecified atom stereocenters. The second-order valence-corrected chi connectivity index (χ2v) is 6.45. The lowest BCUT2D eigenvalue weighted by molar-refractivity contribution is 0.0687. The first-order valence-electron chi connectivity index (χ1n) is 7.24. The van der Waals surface area contributed by atoms with Crippen LogP contribution in [0.1, 0.15) is 32.3 Å². The second-order valence-electron chi connectivity index (χ2n) is 5.41. The standard InChI is InChI=1S/C16H17N3O3S/c1-9-4-5-10(2)12(8-9)22-7-6-13-18-19-14(15(20)21)11(3)17-16(19)23-13/h4-5,8H,6-7H2,1-3H3,(H,20,21). The maximum absolute atomic E-state index is 11.3. The Kier molecular flexibility index (Phi) is 4.04. The van der Waals surface area contributed by atoms with Crippen molar-refractivity contribution < 1.29 is 14.6 Å². The van der Waals surface area contributed by atoms with Crippen LogP contribution < -0.4 is 4.74 Å². The number of nitrogens with zero attached hydrogens (tertiary/aromatic N) is 3. The van der Waals surface area contributed by atoms with Crippen molar-refractivity contribution in [3.05, 3.63) is 45.7 Å². The summed E-state index contributed by atoms with van der Waals surface area (Å²) in [6, 6.07) is 6.09. The molecule has 3 aromatic rings. The SMILES string of the molecule is Cc1ccc(C)c(OCCc2nn3c(C(=O)O)c(C)nc3s2)c1. The zero-order chi connectivity index (χ0) is 16.6. The van der Waals surface area contributed by atoms with Gasteiger partial charge in [-0.25, -0.2) is 9.78 Å². The van der Waals surface area contributed by atoms with E-state index in [0.717, 1.165) is 21.9 Å². The molecule has 23 heavy (non-hydrogen) atoms. The maximum Gasteiger partial charge on any atom is 0.356 e. The molecule has 6 nitrogen and oxygen atoms in total. The van der Waals surface area contributed by atoms with Crippen molar-refractivity contribution in [2.75, 3.05) is 6.61 Å². The lowest BCUT2D eigenvalue weighted by Crippen LogP contribution is -2.06. The molecule has 0 aliphatic carbocycles. The van der Waals surface area contributed by atoms with Crippen LogP contribution in [0.2, 0.25) is 0 Å². The van der Waals surface area contributed by atoms with E-state index in [-0.39, 0.29) is 5.69 Å². The number of carboxylic acid groups (broad SMARTS) is 1. The Morgan fingerprint density at radius 3 is 2.87 bits per heavy atom. The topological polar surface area (TPSA) is 76.7 Å². The molecule has 2 aromatic heterocycles. The fourth-order valence-corrected chi connectivity index (χ4v) is 3.27. The minimum absolute atomic E-state index is 0.123. The van der Waals surface area contributed by atoms with Crippen molar-refractivity contribution in [3.63, 3.8) is 0 Å². The summed E-state index contributed by atoms with van der Waals surface area (Å²) in [5.41, 5.74) is 2.85. The molecule has 3 rings (SSSR count). The van der Waals surface area contributed by atoms with Gasteiger partial charge in [0, 0.05) is 6.42 Å². The van der Waals surface area contributed by atoms with Crippen molar-refractivity contribution in [3.8, 4) is 5.75 Å². The van der Waals surface area contributed by atoms with Crippen LogP contribution in [0.5, 0.6) is 5.75 Å². The van der Waals surface area contributed by atoms with Gasteiger partial charge in [0.15, 0.2) is 5.69 Å². The molecule has 0 fully saturated rings. The van der Waals surface area contributed by atoms with E-state index in [0.29, 0.717) is 23.7 Å². The van der Waals surface area contributed by atoms with Gasteiger partial charge in [0.1, 0.15) is 10.8 Å². The van der Waals surface area contributed by atoms with E-state index in [1.165, 1.54) is 15.9 Å². The highest BCUT2D eigenvalue weighted by atomic mass is 32.1. The third-order valence-corrected chi connectivity index (χ3v) is 4.51. The zero-order valence-electron chi connectivity index (χ0n) is 13.2. The first-order valence-corrected chi connectivity index (χ1v) is 8.05. The first-order chi connectivity index (χ1) is 11.0. The van der Waals surface area contributed by atoms with Gasteiger partial charge in [0.2, 0.25) is 4.96 Å². The molecule has 7 heteroatoms. The van der Waals surface area contributed by atoms with Crippen LogP contribution in [0, 0.1) is 20.8 Å². The van der Waals surface area contributed by atoms with Crippen LogP contribution in [0.4, 0.5) is 0 Å². The zero-order valence-corrected chi connectivity index (χ0v) is 14.0. The predicted molar refractivity (Wildman–Crippen MR) is 87.7 cm³/mol. The summed E-state index contributed by atoms with van der Waals surface area (Å²) in [4.78, 5) is 16.1. The average Bonchev–Trinajstić information content (AvgIpc) is 2.98. The molecule has 0 spiro atoms. The summed E-state index contributed by atoms with van der Waals surface area (Å²) in [5.74, 6) is -0.146. The average molecular weight is 331 g/mol.